The fourth-order valence-electron chi connectivity index (χ4n) is 1.56. The van der Waals surface area contributed by atoms with Crippen molar-refractivity contribution in [1.82, 2.24) is 14.8 Å². The number of hydrogen-bond donors (Lipinski definition) is 0. The molecule has 0 aromatic carbocycles. The van der Waals surface area contributed by atoms with Gasteiger partial charge < -0.3 is 0 Å². The van der Waals surface area contributed by atoms with E-state index in [9.17, 15) is 0 Å². The summed E-state index contributed by atoms with van der Waals surface area (Å²) < 4.78 is 1.95. The van der Waals surface area contributed by atoms with Gasteiger partial charge in [-0.25, -0.2) is 4.98 Å². The quantitative estimate of drug-likeness (QED) is 0.677. The Balaban J connectivity index is 2.84. The van der Waals surface area contributed by atoms with Gasteiger partial charge in [0.05, 0.1) is 11.2 Å². The summed E-state index contributed by atoms with van der Waals surface area (Å²) in [5.74, 6) is 0. The number of hydrogen-bond acceptors (Lipinski definition) is 2. The van der Waals surface area contributed by atoms with E-state index in [0.29, 0.717) is 5.15 Å². The van der Waals surface area contributed by atoms with Crippen molar-refractivity contribution in [3.63, 3.8) is 0 Å². The fraction of sp³-hybridized carbons (Fsp3) is 0.400. The summed E-state index contributed by atoms with van der Waals surface area (Å²) in [7, 11) is 0. The molecule has 0 saturated carbocycles. The van der Waals surface area contributed by atoms with Crippen molar-refractivity contribution in [3.8, 4) is 0 Å². The zero-order valence-electron chi connectivity index (χ0n) is 8.50. The first-order chi connectivity index (χ1) is 6.63. The molecule has 0 aliphatic rings. The molecule has 0 aliphatic carbocycles. The molecule has 0 N–H and O–H groups in total. The molecule has 74 valence electrons. The van der Waals surface area contributed by atoms with Gasteiger partial charge in [-0.05, 0) is 32.4 Å². The van der Waals surface area contributed by atoms with Crippen LogP contribution in [0, 0.1) is 13.8 Å². The normalized spacial score (nSPS) is 11.1. The van der Waals surface area contributed by atoms with Gasteiger partial charge in [0.1, 0.15) is 10.7 Å². The molecule has 2 aromatic rings. The lowest BCUT2D eigenvalue weighted by atomic mass is 10.2. The molecule has 0 radical (unpaired) electrons. The minimum atomic E-state index is 0.566. The van der Waals surface area contributed by atoms with Gasteiger partial charge in [0, 0.05) is 6.54 Å². The Morgan fingerprint density at radius 3 is 2.79 bits per heavy atom. The SMILES string of the molecule is CCn1nc(C)c2nc(Cl)c(C)cc21. The van der Waals surface area contributed by atoms with Crippen LogP contribution in [0.15, 0.2) is 6.07 Å². The van der Waals surface area contributed by atoms with Crippen molar-refractivity contribution in [2.75, 3.05) is 0 Å². The molecule has 4 heteroatoms. The Kier molecular flexibility index (Phi) is 2.19. The molecule has 0 aliphatic heterocycles. The van der Waals surface area contributed by atoms with E-state index in [-0.39, 0.29) is 0 Å². The van der Waals surface area contributed by atoms with Crippen LogP contribution in [-0.4, -0.2) is 14.8 Å². The molecule has 0 spiro atoms. The largest absolute Gasteiger partial charge is 0.263 e. The van der Waals surface area contributed by atoms with E-state index in [1.165, 1.54) is 0 Å². The topological polar surface area (TPSA) is 30.7 Å². The van der Waals surface area contributed by atoms with Crippen LogP contribution >= 0.6 is 11.6 Å². The summed E-state index contributed by atoms with van der Waals surface area (Å²) in [6, 6.07) is 2.04. The molecule has 0 bridgehead atoms. The van der Waals surface area contributed by atoms with Gasteiger partial charge in [0.2, 0.25) is 0 Å². The van der Waals surface area contributed by atoms with E-state index < -0.39 is 0 Å². The summed E-state index contributed by atoms with van der Waals surface area (Å²) in [5.41, 5.74) is 3.90. The Labute approximate surface area is 87.7 Å². The lowest BCUT2D eigenvalue weighted by molar-refractivity contribution is 0.676. The van der Waals surface area contributed by atoms with Gasteiger partial charge in [-0.2, -0.15) is 5.10 Å². The predicted octanol–water partition coefficient (Wildman–Crippen LogP) is 2.72. The van der Waals surface area contributed by atoms with Gasteiger partial charge in [-0.15, -0.1) is 0 Å². The number of nitrogens with zero attached hydrogens (tertiary/aromatic N) is 3. The molecular weight excluding hydrogens is 198 g/mol. The third kappa shape index (κ3) is 1.28. The third-order valence-corrected chi connectivity index (χ3v) is 2.70. The maximum atomic E-state index is 5.96. The fourth-order valence-corrected chi connectivity index (χ4v) is 1.70. The van der Waals surface area contributed by atoms with Gasteiger partial charge >= 0.3 is 0 Å². The minimum absolute atomic E-state index is 0.566. The molecule has 0 amide bonds. The smallest absolute Gasteiger partial charge is 0.132 e. The first-order valence-electron chi connectivity index (χ1n) is 4.63. The van der Waals surface area contributed by atoms with Crippen LogP contribution in [0.1, 0.15) is 18.2 Å². The molecule has 14 heavy (non-hydrogen) atoms. The minimum Gasteiger partial charge on any atom is -0.263 e. The lowest BCUT2D eigenvalue weighted by Crippen LogP contribution is -1.96. The van der Waals surface area contributed by atoms with E-state index in [0.717, 1.165) is 28.8 Å². The Morgan fingerprint density at radius 1 is 1.43 bits per heavy atom. The summed E-state index contributed by atoms with van der Waals surface area (Å²) in [6.07, 6.45) is 0. The first-order valence-corrected chi connectivity index (χ1v) is 5.01. The Morgan fingerprint density at radius 2 is 2.14 bits per heavy atom. The van der Waals surface area contributed by atoms with Gasteiger partial charge in [-0.3, -0.25) is 4.68 Å². The van der Waals surface area contributed by atoms with E-state index in [4.69, 9.17) is 11.6 Å². The molecule has 0 unspecified atom stereocenters. The zero-order chi connectivity index (χ0) is 10.3. The molecule has 0 saturated heterocycles. The number of rotatable bonds is 1. The number of halogens is 1. The van der Waals surface area contributed by atoms with Gasteiger partial charge in [-0.1, -0.05) is 11.6 Å². The number of fused-ring (bicyclic) bond motifs is 1. The van der Waals surface area contributed by atoms with Crippen LogP contribution < -0.4 is 0 Å². The summed E-state index contributed by atoms with van der Waals surface area (Å²) in [5, 5.41) is 4.95. The predicted molar refractivity (Wildman–Crippen MR) is 57.7 cm³/mol. The highest BCUT2D eigenvalue weighted by molar-refractivity contribution is 6.30. The highest BCUT2D eigenvalue weighted by Crippen LogP contribution is 2.21. The number of aromatic nitrogens is 3. The molecular formula is C10H12ClN3. The molecule has 2 heterocycles. The molecule has 3 nitrogen and oxygen atoms in total. The van der Waals surface area contributed by atoms with Crippen LogP contribution in [0.25, 0.3) is 11.0 Å². The Hall–Kier alpha value is -1.09. The standard InChI is InChI=1S/C10H12ClN3/c1-4-14-8-5-6(2)10(11)12-9(8)7(3)13-14/h5H,4H2,1-3H3. The van der Waals surface area contributed by atoms with Crippen LogP contribution in [-0.2, 0) is 6.54 Å². The van der Waals surface area contributed by atoms with Crippen LogP contribution in [0.4, 0.5) is 0 Å². The first kappa shape index (κ1) is 9.46. The van der Waals surface area contributed by atoms with Crippen LogP contribution in [0.5, 0.6) is 0 Å². The molecule has 2 aromatic heterocycles. The van der Waals surface area contributed by atoms with Crippen molar-refractivity contribution < 1.29 is 0 Å². The van der Waals surface area contributed by atoms with Gasteiger partial charge in [0.15, 0.2) is 0 Å². The second-order valence-electron chi connectivity index (χ2n) is 3.36. The van der Waals surface area contributed by atoms with E-state index >= 15 is 0 Å². The average molecular weight is 210 g/mol. The highest BCUT2D eigenvalue weighted by Gasteiger charge is 2.09. The highest BCUT2D eigenvalue weighted by atomic mass is 35.5. The summed E-state index contributed by atoms with van der Waals surface area (Å²) in [6.45, 7) is 6.83. The second kappa shape index (κ2) is 3.24. The van der Waals surface area contributed by atoms with Crippen molar-refractivity contribution in [2.45, 2.75) is 27.3 Å². The molecule has 0 atom stereocenters. The third-order valence-electron chi connectivity index (χ3n) is 2.32. The average Bonchev–Trinajstić information content (AvgIpc) is 2.45. The zero-order valence-corrected chi connectivity index (χ0v) is 9.26. The van der Waals surface area contributed by atoms with Gasteiger partial charge in [0.25, 0.3) is 0 Å². The second-order valence-corrected chi connectivity index (χ2v) is 3.72. The van der Waals surface area contributed by atoms with Crippen molar-refractivity contribution in [1.29, 1.82) is 0 Å². The van der Waals surface area contributed by atoms with E-state index in [1.807, 2.05) is 24.6 Å². The maximum absolute atomic E-state index is 5.96. The summed E-state index contributed by atoms with van der Waals surface area (Å²) >= 11 is 5.96. The van der Waals surface area contributed by atoms with Crippen molar-refractivity contribution in [3.05, 3.63) is 22.5 Å². The van der Waals surface area contributed by atoms with Crippen molar-refractivity contribution in [2.24, 2.45) is 0 Å². The van der Waals surface area contributed by atoms with E-state index in [1.54, 1.807) is 0 Å². The van der Waals surface area contributed by atoms with Crippen LogP contribution in [0.2, 0.25) is 5.15 Å². The number of pyridine rings is 1. The molecule has 0 fully saturated rings. The maximum Gasteiger partial charge on any atom is 0.132 e. The monoisotopic (exact) mass is 209 g/mol. The lowest BCUT2D eigenvalue weighted by Gasteiger charge is -2.00. The van der Waals surface area contributed by atoms with Crippen LogP contribution in [0.3, 0.4) is 0 Å². The van der Waals surface area contributed by atoms with E-state index in [2.05, 4.69) is 17.0 Å². The Bertz CT molecular complexity index is 488. The number of aryl methyl sites for hydroxylation is 3. The van der Waals surface area contributed by atoms with Crippen molar-refractivity contribution >= 4 is 22.6 Å². The summed E-state index contributed by atoms with van der Waals surface area (Å²) in [4.78, 5) is 4.33. The molecule has 2 rings (SSSR count).